The number of rotatable bonds is 4. The molecule has 3 aliphatic rings. The molecule has 1 heterocycles. The molecule has 1 aromatic rings. The van der Waals surface area contributed by atoms with Gasteiger partial charge in [-0.25, -0.2) is 13.1 Å². The van der Waals surface area contributed by atoms with E-state index in [4.69, 9.17) is 4.74 Å². The second-order valence-electron chi connectivity index (χ2n) is 7.33. The van der Waals surface area contributed by atoms with Crippen molar-refractivity contribution in [2.24, 2.45) is 0 Å². The van der Waals surface area contributed by atoms with Gasteiger partial charge in [-0.15, -0.1) is 0 Å². The number of Topliss-reactive ketones (excluding diaryl/α,β-unsaturated/α-hetero) is 2. The number of allylic oxidation sites excluding steroid dienone is 4. The minimum Gasteiger partial charge on any atom is -0.465 e. The molecule has 2 aliphatic carbocycles. The molecule has 148 valence electrons. The molecule has 0 spiro atoms. The molecule has 4 rings (SSSR count). The van der Waals surface area contributed by atoms with Crippen LogP contribution in [0.5, 0.6) is 0 Å². The molecular formula is C21H23NO5S. The van der Waals surface area contributed by atoms with Crippen molar-refractivity contribution in [3.63, 3.8) is 0 Å². The average molecular weight is 401 g/mol. The molecule has 0 bridgehead atoms. The average Bonchev–Trinajstić information content (AvgIpc) is 2.67. The Hall–Kier alpha value is -2.25. The van der Waals surface area contributed by atoms with E-state index in [1.807, 2.05) is 0 Å². The lowest BCUT2D eigenvalue weighted by atomic mass is 9.73. The van der Waals surface area contributed by atoms with E-state index in [9.17, 15) is 18.0 Å². The fourth-order valence-electron chi connectivity index (χ4n) is 4.26. The molecule has 0 fully saturated rings. The summed E-state index contributed by atoms with van der Waals surface area (Å²) in [7, 11) is -3.56. The molecule has 0 saturated heterocycles. The molecular weight excluding hydrogens is 378 g/mol. The predicted octanol–water partition coefficient (Wildman–Crippen LogP) is 3.11. The zero-order valence-corrected chi connectivity index (χ0v) is 16.6. The van der Waals surface area contributed by atoms with E-state index in [1.165, 1.54) is 12.1 Å². The monoisotopic (exact) mass is 401 g/mol. The molecule has 0 atom stereocenters. The van der Waals surface area contributed by atoms with Gasteiger partial charge in [0, 0.05) is 49.3 Å². The minimum absolute atomic E-state index is 0.0144. The Labute approximate surface area is 164 Å². The fraction of sp³-hybridized carbons (Fsp3) is 0.429. The number of sulfonamides is 1. The van der Waals surface area contributed by atoms with Crippen molar-refractivity contribution in [3.8, 4) is 0 Å². The van der Waals surface area contributed by atoms with Crippen molar-refractivity contribution >= 4 is 21.6 Å². The highest BCUT2D eigenvalue weighted by Gasteiger charge is 2.41. The number of carbonyl (C=O) groups excluding carboxylic acids is 2. The maximum Gasteiger partial charge on any atom is 0.240 e. The highest BCUT2D eigenvalue weighted by molar-refractivity contribution is 7.89. The van der Waals surface area contributed by atoms with Crippen LogP contribution >= 0.6 is 0 Å². The van der Waals surface area contributed by atoms with E-state index in [0.29, 0.717) is 54.9 Å². The van der Waals surface area contributed by atoms with E-state index in [-0.39, 0.29) is 16.5 Å². The minimum atomic E-state index is -3.56. The topological polar surface area (TPSA) is 89.5 Å². The number of carbonyl (C=O) groups is 2. The van der Waals surface area contributed by atoms with Crippen LogP contribution in [0.25, 0.3) is 0 Å². The SMILES string of the molecule is CCNS(=O)(=O)c1ccc(C2C3=C(CCCC3=O)OC3=C2C(=O)CCC3)cc1. The van der Waals surface area contributed by atoms with Gasteiger partial charge in [0.15, 0.2) is 11.6 Å². The zero-order chi connectivity index (χ0) is 19.9. The predicted molar refractivity (Wildman–Crippen MR) is 103 cm³/mol. The molecule has 0 saturated carbocycles. The van der Waals surface area contributed by atoms with Crippen LogP contribution in [0, 0.1) is 0 Å². The van der Waals surface area contributed by atoms with Crippen molar-refractivity contribution in [1.82, 2.24) is 4.72 Å². The van der Waals surface area contributed by atoms with Gasteiger partial charge in [-0.05, 0) is 30.5 Å². The number of hydrogen-bond donors (Lipinski definition) is 1. The summed E-state index contributed by atoms with van der Waals surface area (Å²) in [6.45, 7) is 2.03. The maximum absolute atomic E-state index is 12.7. The van der Waals surface area contributed by atoms with Crippen molar-refractivity contribution in [2.45, 2.75) is 56.3 Å². The van der Waals surface area contributed by atoms with E-state index in [2.05, 4.69) is 4.72 Å². The van der Waals surface area contributed by atoms with Gasteiger partial charge in [-0.1, -0.05) is 19.1 Å². The van der Waals surface area contributed by atoms with Gasteiger partial charge in [-0.3, -0.25) is 9.59 Å². The van der Waals surface area contributed by atoms with Crippen molar-refractivity contribution < 1.29 is 22.7 Å². The fourth-order valence-corrected chi connectivity index (χ4v) is 5.30. The molecule has 0 amide bonds. The lowest BCUT2D eigenvalue weighted by Gasteiger charge is -2.36. The quantitative estimate of drug-likeness (QED) is 0.837. The lowest BCUT2D eigenvalue weighted by Crippen LogP contribution is -2.30. The second kappa shape index (κ2) is 7.29. The summed E-state index contributed by atoms with van der Waals surface area (Å²) in [5, 5.41) is 0. The van der Waals surface area contributed by atoms with Gasteiger partial charge in [0.25, 0.3) is 0 Å². The molecule has 7 heteroatoms. The van der Waals surface area contributed by atoms with Gasteiger partial charge >= 0.3 is 0 Å². The Morgan fingerprint density at radius 1 is 0.929 bits per heavy atom. The van der Waals surface area contributed by atoms with Crippen LogP contribution in [-0.2, 0) is 24.3 Å². The first-order valence-electron chi connectivity index (χ1n) is 9.72. The van der Waals surface area contributed by atoms with E-state index >= 15 is 0 Å². The maximum atomic E-state index is 12.7. The molecule has 0 unspecified atom stereocenters. The van der Waals surface area contributed by atoms with Gasteiger partial charge in [-0.2, -0.15) is 0 Å². The first-order valence-corrected chi connectivity index (χ1v) is 11.2. The number of benzene rings is 1. The van der Waals surface area contributed by atoms with Gasteiger partial charge in [0.2, 0.25) is 10.0 Å². The third-order valence-electron chi connectivity index (χ3n) is 5.50. The van der Waals surface area contributed by atoms with Crippen LogP contribution in [0.1, 0.15) is 56.9 Å². The van der Waals surface area contributed by atoms with E-state index in [1.54, 1.807) is 19.1 Å². The van der Waals surface area contributed by atoms with Crippen molar-refractivity contribution in [1.29, 1.82) is 0 Å². The largest absolute Gasteiger partial charge is 0.465 e. The summed E-state index contributed by atoms with van der Waals surface area (Å²) in [6.07, 6.45) is 3.78. The zero-order valence-electron chi connectivity index (χ0n) is 15.8. The summed E-state index contributed by atoms with van der Waals surface area (Å²) in [6, 6.07) is 6.48. The van der Waals surface area contributed by atoms with Crippen LogP contribution in [-0.4, -0.2) is 26.5 Å². The number of hydrogen-bond acceptors (Lipinski definition) is 5. The summed E-state index contributed by atoms with van der Waals surface area (Å²) < 4.78 is 32.9. The molecule has 1 aromatic carbocycles. The molecule has 6 nitrogen and oxygen atoms in total. The Morgan fingerprint density at radius 2 is 1.46 bits per heavy atom. The Balaban J connectivity index is 1.81. The molecule has 0 radical (unpaired) electrons. The van der Waals surface area contributed by atoms with Gasteiger partial charge < -0.3 is 4.74 Å². The number of ketones is 2. The Bertz CT molecular complexity index is 960. The van der Waals surface area contributed by atoms with E-state index in [0.717, 1.165) is 18.4 Å². The number of ether oxygens (including phenoxy) is 1. The standard InChI is InChI=1S/C21H23NO5S/c1-2-22-28(25,26)14-11-9-13(10-12-14)19-20-15(23)5-3-7-17(20)27-18-8-4-6-16(24)21(18)19/h9-12,19,22H,2-8H2,1H3. The first kappa shape index (κ1) is 19.1. The molecule has 28 heavy (non-hydrogen) atoms. The van der Waals surface area contributed by atoms with Gasteiger partial charge in [0.05, 0.1) is 4.90 Å². The normalized spacial score (nSPS) is 20.8. The third kappa shape index (κ3) is 3.22. The highest BCUT2D eigenvalue weighted by Crippen LogP contribution is 2.47. The smallest absolute Gasteiger partial charge is 0.240 e. The second-order valence-corrected chi connectivity index (χ2v) is 9.10. The van der Waals surface area contributed by atoms with Crippen LogP contribution < -0.4 is 4.72 Å². The summed E-state index contributed by atoms with van der Waals surface area (Å²) in [5.41, 5.74) is 1.90. The van der Waals surface area contributed by atoms with Crippen LogP contribution in [0.15, 0.2) is 51.8 Å². The van der Waals surface area contributed by atoms with Crippen molar-refractivity contribution in [3.05, 3.63) is 52.5 Å². The highest BCUT2D eigenvalue weighted by atomic mass is 32.2. The third-order valence-corrected chi connectivity index (χ3v) is 7.06. The summed E-state index contributed by atoms with van der Waals surface area (Å²) >= 11 is 0. The Kier molecular flexibility index (Phi) is 4.97. The van der Waals surface area contributed by atoms with Gasteiger partial charge in [0.1, 0.15) is 11.5 Å². The van der Waals surface area contributed by atoms with Crippen LogP contribution in [0.4, 0.5) is 0 Å². The lowest BCUT2D eigenvalue weighted by molar-refractivity contribution is -0.117. The first-order chi connectivity index (χ1) is 13.4. The summed E-state index contributed by atoms with van der Waals surface area (Å²) in [5.74, 6) is 0.925. The Morgan fingerprint density at radius 3 is 1.96 bits per heavy atom. The summed E-state index contributed by atoms with van der Waals surface area (Å²) in [4.78, 5) is 25.6. The van der Waals surface area contributed by atoms with E-state index < -0.39 is 15.9 Å². The molecule has 1 aliphatic heterocycles. The van der Waals surface area contributed by atoms with Crippen LogP contribution in [0.3, 0.4) is 0 Å². The number of nitrogens with one attached hydrogen (secondary N) is 1. The van der Waals surface area contributed by atoms with Crippen molar-refractivity contribution in [2.75, 3.05) is 6.54 Å². The molecule has 1 N–H and O–H groups in total. The molecule has 0 aromatic heterocycles. The van der Waals surface area contributed by atoms with Crippen LogP contribution in [0.2, 0.25) is 0 Å².